The molecule has 0 bridgehead atoms. The van der Waals surface area contributed by atoms with Crippen molar-refractivity contribution in [1.29, 1.82) is 0 Å². The molecule has 2 N–H and O–H groups in total. The van der Waals surface area contributed by atoms with E-state index in [1.165, 1.54) is 16.7 Å². The van der Waals surface area contributed by atoms with Gasteiger partial charge in [-0.05, 0) is 98.9 Å². The minimum atomic E-state index is -0.770. The van der Waals surface area contributed by atoms with Crippen LogP contribution < -0.4 is 0 Å². The van der Waals surface area contributed by atoms with Gasteiger partial charge in [-0.3, -0.25) is 9.59 Å². The molecule has 0 aromatic heterocycles. The summed E-state index contributed by atoms with van der Waals surface area (Å²) in [6.45, 7) is 9.63. The normalized spacial score (nSPS) is 21.2. The van der Waals surface area contributed by atoms with Gasteiger partial charge < -0.3 is 10.2 Å². The number of rotatable bonds is 13. The number of carboxylic acid groups (broad SMARTS) is 2. The van der Waals surface area contributed by atoms with Gasteiger partial charge >= 0.3 is 11.9 Å². The maximum absolute atomic E-state index is 11.2. The third-order valence-corrected chi connectivity index (χ3v) is 11.5. The fraction of sp³-hybridized carbons (Fsp3) is 0.439. The lowest BCUT2D eigenvalue weighted by atomic mass is 9.79. The van der Waals surface area contributed by atoms with Crippen LogP contribution in [0.3, 0.4) is 0 Å². The molecule has 0 saturated carbocycles. The molecule has 5 nitrogen and oxygen atoms in total. The van der Waals surface area contributed by atoms with Gasteiger partial charge in [0.05, 0.1) is 5.41 Å². The summed E-state index contributed by atoms with van der Waals surface area (Å²) in [6.07, 6.45) is 15.7. The number of aliphatic carboxylic acids is 2. The third kappa shape index (κ3) is 8.11. The zero-order chi connectivity index (χ0) is 35.5. The van der Waals surface area contributed by atoms with Gasteiger partial charge in [0.15, 0.2) is 5.71 Å². The minimum Gasteiger partial charge on any atom is -0.481 e. The van der Waals surface area contributed by atoms with Crippen LogP contribution >= 0.6 is 34.8 Å². The third-order valence-electron chi connectivity index (χ3n) is 10.5. The quantitative estimate of drug-likeness (QED) is 0.159. The monoisotopic (exact) mass is 722 g/mol. The van der Waals surface area contributed by atoms with Gasteiger partial charge in [0.1, 0.15) is 6.54 Å². The zero-order valence-electron chi connectivity index (χ0n) is 28.9. The van der Waals surface area contributed by atoms with Crippen LogP contribution in [0, 0.1) is 0 Å². The van der Waals surface area contributed by atoms with E-state index in [1.54, 1.807) is 0 Å². The first-order valence-corrected chi connectivity index (χ1v) is 18.5. The fourth-order valence-electron chi connectivity index (χ4n) is 7.91. The number of fused-ring (bicyclic) bond motifs is 2. The first-order chi connectivity index (χ1) is 23.2. The second-order valence-electron chi connectivity index (χ2n) is 14.6. The van der Waals surface area contributed by atoms with Crippen LogP contribution in [0.15, 0.2) is 82.5 Å². The van der Waals surface area contributed by atoms with Crippen molar-refractivity contribution >= 4 is 58.1 Å². The molecule has 1 atom stereocenters. The average molecular weight is 724 g/mol. The SMILES string of the molecule is CC1(C)C(/C=C/C2=C(Cl)C(=C/C=C3\C(CCCCC(=O)O)c4ccc(Cl)cc4C3(C)C)/CCC2)=[N+](CCCCC(=O)O)c2ccc(Cl)cc21. The number of allylic oxidation sites excluding steroid dienone is 8. The molecular formula is C41H47Cl3NO4+. The highest BCUT2D eigenvalue weighted by Crippen LogP contribution is 2.53. The number of carboxylic acids is 2. The first-order valence-electron chi connectivity index (χ1n) is 17.4. The lowest BCUT2D eigenvalue weighted by Crippen LogP contribution is -2.28. The van der Waals surface area contributed by atoms with Crippen LogP contribution in [-0.2, 0) is 20.4 Å². The molecule has 0 saturated heterocycles. The highest BCUT2D eigenvalue weighted by molar-refractivity contribution is 6.33. The van der Waals surface area contributed by atoms with Gasteiger partial charge in [0.25, 0.3) is 0 Å². The molecule has 2 aliphatic carbocycles. The topological polar surface area (TPSA) is 77.6 Å². The van der Waals surface area contributed by atoms with Gasteiger partial charge in [-0.2, -0.15) is 4.58 Å². The summed E-state index contributed by atoms with van der Waals surface area (Å²) in [6, 6.07) is 12.2. The van der Waals surface area contributed by atoms with Crippen molar-refractivity contribution in [2.24, 2.45) is 0 Å². The number of carbonyl (C=O) groups is 2. The minimum absolute atomic E-state index is 0.159. The van der Waals surface area contributed by atoms with Crippen LogP contribution in [0.2, 0.25) is 10.0 Å². The summed E-state index contributed by atoms with van der Waals surface area (Å²) >= 11 is 20.1. The van der Waals surface area contributed by atoms with Crippen molar-refractivity contribution in [3.05, 3.63) is 109 Å². The summed E-state index contributed by atoms with van der Waals surface area (Å²) in [5.41, 5.74) is 8.92. The molecule has 1 aliphatic heterocycles. The molecular weight excluding hydrogens is 677 g/mol. The molecule has 5 rings (SSSR count). The Hall–Kier alpha value is -3.12. The maximum atomic E-state index is 11.2. The maximum Gasteiger partial charge on any atom is 0.303 e. The van der Waals surface area contributed by atoms with Gasteiger partial charge in [0, 0.05) is 63.4 Å². The van der Waals surface area contributed by atoms with Crippen molar-refractivity contribution in [2.45, 2.75) is 109 Å². The van der Waals surface area contributed by atoms with E-state index in [9.17, 15) is 14.7 Å². The molecule has 0 spiro atoms. The summed E-state index contributed by atoms with van der Waals surface area (Å²) in [4.78, 5) is 22.3. The molecule has 260 valence electrons. The Kier molecular flexibility index (Phi) is 11.7. The number of unbranched alkanes of at least 4 members (excludes halogenated alkanes) is 2. The Bertz CT molecular complexity index is 1790. The van der Waals surface area contributed by atoms with Gasteiger partial charge in [-0.25, -0.2) is 0 Å². The predicted molar refractivity (Wildman–Crippen MR) is 201 cm³/mol. The molecule has 3 aliphatic rings. The predicted octanol–water partition coefficient (Wildman–Crippen LogP) is 11.4. The van der Waals surface area contributed by atoms with Crippen molar-refractivity contribution in [3.63, 3.8) is 0 Å². The lowest BCUT2D eigenvalue weighted by molar-refractivity contribution is -0.438. The van der Waals surface area contributed by atoms with Crippen LogP contribution in [-0.4, -0.2) is 39.0 Å². The summed E-state index contributed by atoms with van der Waals surface area (Å²) < 4.78 is 2.31. The number of hydrogen-bond acceptors (Lipinski definition) is 2. The highest BCUT2D eigenvalue weighted by atomic mass is 35.5. The second-order valence-corrected chi connectivity index (χ2v) is 15.8. The van der Waals surface area contributed by atoms with Crippen molar-refractivity contribution in [2.75, 3.05) is 6.54 Å². The number of hydrogen-bond donors (Lipinski definition) is 2. The van der Waals surface area contributed by atoms with Gasteiger partial charge in [-0.15, -0.1) is 0 Å². The summed E-state index contributed by atoms with van der Waals surface area (Å²) in [5.74, 6) is -1.33. The summed E-state index contributed by atoms with van der Waals surface area (Å²) in [5, 5.41) is 20.5. The van der Waals surface area contributed by atoms with Crippen molar-refractivity contribution < 1.29 is 24.4 Å². The molecule has 1 unspecified atom stereocenters. The number of halogens is 3. The molecule has 1 heterocycles. The van der Waals surface area contributed by atoms with E-state index in [4.69, 9.17) is 39.9 Å². The number of benzene rings is 2. The van der Waals surface area contributed by atoms with Gasteiger partial charge in [0.2, 0.25) is 5.69 Å². The Morgan fingerprint density at radius 1 is 0.816 bits per heavy atom. The molecule has 2 aromatic rings. The smallest absolute Gasteiger partial charge is 0.303 e. The molecule has 2 aromatic carbocycles. The molecule has 0 amide bonds. The molecule has 0 fully saturated rings. The van der Waals surface area contributed by atoms with E-state index < -0.39 is 11.9 Å². The molecule has 0 radical (unpaired) electrons. The average Bonchev–Trinajstić information content (AvgIpc) is 3.37. The van der Waals surface area contributed by atoms with Crippen LogP contribution in [0.25, 0.3) is 0 Å². The molecule has 8 heteroatoms. The van der Waals surface area contributed by atoms with E-state index in [-0.39, 0.29) is 29.6 Å². The Balaban J connectivity index is 1.46. The van der Waals surface area contributed by atoms with E-state index in [0.29, 0.717) is 17.9 Å². The fourth-order valence-corrected chi connectivity index (χ4v) is 8.56. The van der Waals surface area contributed by atoms with Gasteiger partial charge in [-0.1, -0.05) is 84.9 Å². The van der Waals surface area contributed by atoms with E-state index >= 15 is 0 Å². The van der Waals surface area contributed by atoms with E-state index in [1.807, 2.05) is 18.2 Å². The Morgan fingerprint density at radius 3 is 2.16 bits per heavy atom. The summed E-state index contributed by atoms with van der Waals surface area (Å²) in [7, 11) is 0. The Morgan fingerprint density at radius 2 is 1.47 bits per heavy atom. The lowest BCUT2D eigenvalue weighted by Gasteiger charge is -2.25. The van der Waals surface area contributed by atoms with Crippen LogP contribution in [0.4, 0.5) is 5.69 Å². The van der Waals surface area contributed by atoms with E-state index in [0.717, 1.165) is 83.2 Å². The largest absolute Gasteiger partial charge is 0.481 e. The highest BCUT2D eigenvalue weighted by Gasteiger charge is 2.44. The number of nitrogens with zero attached hydrogens (tertiary/aromatic N) is 1. The van der Waals surface area contributed by atoms with Crippen LogP contribution in [0.5, 0.6) is 0 Å². The zero-order valence-corrected chi connectivity index (χ0v) is 31.2. The Labute approximate surface area is 305 Å². The van der Waals surface area contributed by atoms with Crippen LogP contribution in [0.1, 0.15) is 115 Å². The first kappa shape index (κ1) is 37.1. The molecule has 49 heavy (non-hydrogen) atoms. The van der Waals surface area contributed by atoms with Crippen molar-refractivity contribution in [3.8, 4) is 0 Å². The van der Waals surface area contributed by atoms with Crippen molar-refractivity contribution in [1.82, 2.24) is 0 Å². The standard InChI is InChI=1S/C41H46Cl3NO4/c1-40(2)32(30(12-5-6-13-37(46)47)31-19-17-28(42)24-33(31)40)20-15-26-10-9-11-27(39(26)44)16-22-36-41(3,4)34-25-29(43)18-21-35(34)45(36)23-8-7-14-38(48)49/h15-22,24-25,30H,5-14,23H2,1-4H3,(H-,46,47,48,49)/p+1/b22-16+,26-15+,32-20+. The van der Waals surface area contributed by atoms with E-state index in [2.05, 4.69) is 74.8 Å². The second kappa shape index (κ2) is 15.4.